The fourth-order valence-corrected chi connectivity index (χ4v) is 5.08. The number of carboxylic acids is 1. The SMILES string of the molecule is CC(C)(C)OC(=O)CC[C@H](NC(=O)OCC1c2cc(C#CSI)ccc2-c2ccc(C#CSI)cc21)C(=O)O. The first-order chi connectivity index (χ1) is 18.5. The van der Waals surface area contributed by atoms with Gasteiger partial charge in [-0.15, -0.1) is 0 Å². The summed E-state index contributed by atoms with van der Waals surface area (Å²) in [5.74, 6) is 4.13. The average molecular weight is 789 g/mol. The Labute approximate surface area is 260 Å². The van der Waals surface area contributed by atoms with E-state index in [-0.39, 0.29) is 25.4 Å². The fourth-order valence-electron chi connectivity index (χ4n) is 4.11. The minimum Gasteiger partial charge on any atom is -0.480 e. The number of carbonyl (C=O) groups is 3. The van der Waals surface area contributed by atoms with Crippen LogP contribution in [0.25, 0.3) is 11.1 Å². The van der Waals surface area contributed by atoms with Gasteiger partial charge in [0.25, 0.3) is 0 Å². The predicted molar refractivity (Wildman–Crippen MR) is 172 cm³/mol. The molecule has 0 bridgehead atoms. The molecule has 0 aliphatic heterocycles. The van der Waals surface area contributed by atoms with E-state index in [4.69, 9.17) is 9.47 Å². The standard InChI is InChI=1S/C28H25I2NO6S2/c1-28(2,3)37-25(32)9-8-24(26(33)34)31-27(35)36-16-23-21-14-17(10-12-38-29)4-6-19(21)20-7-5-18(11-13-39-30)15-22(20)23/h4-7,14-15,23-24H,8-9,16H2,1-3H3,(H,31,35)(H,33,34)/t24-/m0/s1. The van der Waals surface area contributed by atoms with Crippen molar-refractivity contribution >= 4 is 78.3 Å². The number of alkyl carbamates (subject to hydrolysis) is 1. The maximum Gasteiger partial charge on any atom is 0.407 e. The number of carboxylic acid groups (broad SMARTS) is 1. The van der Waals surface area contributed by atoms with Gasteiger partial charge in [-0.05, 0) is 102 Å². The van der Waals surface area contributed by atoms with Gasteiger partial charge >= 0.3 is 18.0 Å². The van der Waals surface area contributed by atoms with Gasteiger partial charge in [-0.3, -0.25) is 4.79 Å². The molecule has 2 N–H and O–H groups in total. The van der Waals surface area contributed by atoms with Crippen LogP contribution in [-0.4, -0.2) is 41.4 Å². The Kier molecular flexibility index (Phi) is 11.7. The van der Waals surface area contributed by atoms with Gasteiger partial charge in [0.15, 0.2) is 0 Å². The normalized spacial score (nSPS) is 12.5. The first-order valence-electron chi connectivity index (χ1n) is 11.8. The quantitative estimate of drug-likeness (QED) is 0.178. The Morgan fingerprint density at radius 2 is 1.54 bits per heavy atom. The molecule has 0 saturated carbocycles. The number of rotatable bonds is 7. The topological polar surface area (TPSA) is 102 Å². The van der Waals surface area contributed by atoms with E-state index in [1.807, 2.05) is 36.4 Å². The largest absolute Gasteiger partial charge is 0.480 e. The molecule has 2 aromatic carbocycles. The summed E-state index contributed by atoms with van der Waals surface area (Å²) in [7, 11) is 2.79. The number of nitrogens with one attached hydrogen (secondary N) is 1. The second-order valence-electron chi connectivity index (χ2n) is 9.52. The Morgan fingerprint density at radius 1 is 1.00 bits per heavy atom. The number of amides is 1. The molecule has 0 aromatic heterocycles. The van der Waals surface area contributed by atoms with E-state index >= 15 is 0 Å². The Hall–Kier alpha value is -2.07. The van der Waals surface area contributed by atoms with Gasteiger partial charge in [-0.2, -0.15) is 0 Å². The summed E-state index contributed by atoms with van der Waals surface area (Å²) in [4.78, 5) is 36.4. The average Bonchev–Trinajstić information content (AvgIpc) is 3.18. The summed E-state index contributed by atoms with van der Waals surface area (Å²) in [6.07, 6.45) is -1.16. The van der Waals surface area contributed by atoms with Gasteiger partial charge in [-0.25, -0.2) is 9.59 Å². The molecule has 0 radical (unpaired) electrons. The highest BCUT2D eigenvalue weighted by Gasteiger charge is 2.31. The first kappa shape index (κ1) is 31.5. The van der Waals surface area contributed by atoms with Gasteiger partial charge in [0, 0.05) is 65.9 Å². The van der Waals surface area contributed by atoms with Crippen molar-refractivity contribution in [2.75, 3.05) is 6.61 Å². The number of esters is 1. The Morgan fingerprint density at radius 3 is 2.00 bits per heavy atom. The molecule has 1 aliphatic rings. The molecular formula is C28H25I2NO6S2. The molecule has 7 nitrogen and oxygen atoms in total. The van der Waals surface area contributed by atoms with Crippen LogP contribution in [0.3, 0.4) is 0 Å². The lowest BCUT2D eigenvalue weighted by molar-refractivity contribution is -0.155. The lowest BCUT2D eigenvalue weighted by Gasteiger charge is -2.20. The van der Waals surface area contributed by atoms with Gasteiger partial charge < -0.3 is 19.9 Å². The van der Waals surface area contributed by atoms with Gasteiger partial charge in [0.1, 0.15) is 18.2 Å². The van der Waals surface area contributed by atoms with Crippen molar-refractivity contribution in [3.8, 4) is 33.5 Å². The molecule has 0 fully saturated rings. The molecule has 11 heteroatoms. The summed E-state index contributed by atoms with van der Waals surface area (Å²) >= 11 is 4.23. The third-order valence-electron chi connectivity index (χ3n) is 5.64. The van der Waals surface area contributed by atoms with Crippen molar-refractivity contribution in [1.82, 2.24) is 5.32 Å². The first-order valence-corrected chi connectivity index (χ1v) is 18.5. The van der Waals surface area contributed by atoms with E-state index < -0.39 is 29.7 Å². The van der Waals surface area contributed by atoms with Gasteiger partial charge in [-0.1, -0.05) is 24.0 Å². The van der Waals surface area contributed by atoms with Crippen LogP contribution in [0.15, 0.2) is 36.4 Å². The maximum absolute atomic E-state index is 12.7. The summed E-state index contributed by atoms with van der Waals surface area (Å²) in [6, 6.07) is 10.6. The molecule has 1 atom stereocenters. The Balaban J connectivity index is 1.78. The number of hydrogen-bond acceptors (Lipinski definition) is 7. The lowest BCUT2D eigenvalue weighted by atomic mass is 9.96. The summed E-state index contributed by atoms with van der Waals surface area (Å²) in [5.41, 5.74) is 4.98. The maximum atomic E-state index is 12.7. The van der Waals surface area contributed by atoms with E-state index in [1.165, 1.54) is 17.9 Å². The van der Waals surface area contributed by atoms with Crippen LogP contribution in [0.2, 0.25) is 0 Å². The zero-order valence-electron chi connectivity index (χ0n) is 21.3. The highest BCUT2D eigenvalue weighted by atomic mass is 127. The van der Waals surface area contributed by atoms with Crippen LogP contribution < -0.4 is 5.32 Å². The highest BCUT2D eigenvalue weighted by Crippen LogP contribution is 2.45. The van der Waals surface area contributed by atoms with Crippen molar-refractivity contribution in [2.24, 2.45) is 0 Å². The van der Waals surface area contributed by atoms with Crippen LogP contribution in [0.5, 0.6) is 0 Å². The van der Waals surface area contributed by atoms with Crippen molar-refractivity contribution in [3.05, 3.63) is 58.7 Å². The number of carbonyl (C=O) groups excluding carboxylic acids is 2. The predicted octanol–water partition coefficient (Wildman–Crippen LogP) is 6.88. The van der Waals surface area contributed by atoms with Crippen molar-refractivity contribution in [3.63, 3.8) is 0 Å². The summed E-state index contributed by atoms with van der Waals surface area (Å²) in [6.45, 7) is 5.17. The number of halogens is 2. The van der Waals surface area contributed by atoms with E-state index in [0.717, 1.165) is 33.4 Å². The summed E-state index contributed by atoms with van der Waals surface area (Å²) < 4.78 is 10.8. The van der Waals surface area contributed by atoms with E-state index in [1.54, 1.807) is 20.8 Å². The van der Waals surface area contributed by atoms with Crippen molar-refractivity contribution in [1.29, 1.82) is 0 Å². The molecule has 1 amide bonds. The second-order valence-corrected chi connectivity index (χ2v) is 12.9. The monoisotopic (exact) mass is 789 g/mol. The number of aliphatic carboxylic acids is 1. The molecule has 1 aliphatic carbocycles. The minimum absolute atomic E-state index is 0.0138. The van der Waals surface area contributed by atoms with E-state index in [9.17, 15) is 19.5 Å². The van der Waals surface area contributed by atoms with Crippen LogP contribution in [0.1, 0.15) is 61.8 Å². The van der Waals surface area contributed by atoms with Crippen LogP contribution in [0, 0.1) is 22.3 Å². The van der Waals surface area contributed by atoms with Crippen molar-refractivity contribution in [2.45, 2.75) is 51.2 Å². The van der Waals surface area contributed by atoms with Gasteiger partial charge in [0.2, 0.25) is 0 Å². The van der Waals surface area contributed by atoms with E-state index in [2.05, 4.69) is 70.1 Å². The van der Waals surface area contributed by atoms with Crippen LogP contribution >= 0.6 is 60.3 Å². The molecule has 0 heterocycles. The van der Waals surface area contributed by atoms with Gasteiger partial charge in [0.05, 0.1) is 0 Å². The number of benzene rings is 2. The lowest BCUT2D eigenvalue weighted by Crippen LogP contribution is -2.42. The minimum atomic E-state index is -1.30. The molecule has 0 unspecified atom stereocenters. The number of hydrogen-bond donors (Lipinski definition) is 2. The fraction of sp³-hybridized carbons (Fsp3) is 0.321. The van der Waals surface area contributed by atoms with E-state index in [0.29, 0.717) is 0 Å². The zero-order chi connectivity index (χ0) is 28.6. The Bertz CT molecular complexity index is 1310. The molecular weight excluding hydrogens is 764 g/mol. The number of ether oxygens (including phenoxy) is 2. The molecule has 0 spiro atoms. The molecule has 3 rings (SSSR count). The third-order valence-corrected chi connectivity index (χ3v) is 7.32. The van der Waals surface area contributed by atoms with Crippen LogP contribution in [-0.2, 0) is 19.1 Å². The molecule has 39 heavy (non-hydrogen) atoms. The molecule has 2 aromatic rings. The second kappa shape index (κ2) is 14.5. The van der Waals surface area contributed by atoms with Crippen molar-refractivity contribution < 1.29 is 29.0 Å². The zero-order valence-corrected chi connectivity index (χ0v) is 27.2. The number of fused-ring (bicyclic) bond motifs is 3. The third kappa shape index (κ3) is 9.23. The summed E-state index contributed by atoms with van der Waals surface area (Å²) in [5, 5.41) is 17.9. The highest BCUT2D eigenvalue weighted by molar-refractivity contribution is 14.2. The molecule has 204 valence electrons. The smallest absolute Gasteiger partial charge is 0.407 e. The molecule has 0 saturated heterocycles. The van der Waals surface area contributed by atoms with Crippen LogP contribution in [0.4, 0.5) is 4.79 Å².